The molecule has 0 aliphatic carbocycles. The summed E-state index contributed by atoms with van der Waals surface area (Å²) >= 11 is 0. The van der Waals surface area contributed by atoms with E-state index in [2.05, 4.69) is 24.3 Å². The highest BCUT2D eigenvalue weighted by Gasteiger charge is 2.24. The van der Waals surface area contributed by atoms with Crippen LogP contribution >= 0.6 is 0 Å². The smallest absolute Gasteiger partial charge is 0.0585 e. The summed E-state index contributed by atoms with van der Waals surface area (Å²) in [4.78, 5) is 2.20. The average molecular weight is 144 g/mol. The van der Waals surface area contributed by atoms with Crippen molar-refractivity contribution in [3.63, 3.8) is 0 Å². The fraction of sp³-hybridized carbons (Fsp3) is 1.00. The van der Waals surface area contributed by atoms with Gasteiger partial charge >= 0.3 is 0 Å². The Morgan fingerprint density at radius 3 is 2.60 bits per heavy atom. The molecule has 1 fully saturated rings. The Bertz CT molecular complexity index is 106. The predicted molar refractivity (Wildman–Crippen MR) is 41.0 cm³/mol. The molecule has 0 radical (unpaired) electrons. The summed E-state index contributed by atoms with van der Waals surface area (Å²) in [6, 6.07) is 0.935. The molecule has 10 heavy (non-hydrogen) atoms. The molecule has 0 aromatic carbocycles. The lowest BCUT2D eigenvalue weighted by atomic mass is 10.2. The Morgan fingerprint density at radius 1 is 1.60 bits per heavy atom. The zero-order valence-electron chi connectivity index (χ0n) is 6.67. The first-order valence-electron chi connectivity index (χ1n) is 3.74. The molecule has 2 N–H and O–H groups in total. The quantitative estimate of drug-likeness (QED) is 0.536. The van der Waals surface area contributed by atoms with Gasteiger partial charge in [-0.25, -0.2) is 0 Å². The van der Waals surface area contributed by atoms with Gasteiger partial charge in [-0.15, -0.1) is 0 Å². The van der Waals surface area contributed by atoms with E-state index in [4.69, 9.17) is 5.11 Å². The second kappa shape index (κ2) is 3.32. The van der Waals surface area contributed by atoms with Crippen LogP contribution in [0.1, 0.15) is 6.42 Å². The first-order valence-corrected chi connectivity index (χ1v) is 3.74. The maximum atomic E-state index is 8.78. The van der Waals surface area contributed by atoms with Gasteiger partial charge in [0.05, 0.1) is 6.61 Å². The zero-order valence-corrected chi connectivity index (χ0v) is 6.67. The van der Waals surface area contributed by atoms with Crippen molar-refractivity contribution in [1.29, 1.82) is 0 Å². The maximum absolute atomic E-state index is 8.78. The number of likely N-dealkylation sites (N-methyl/N-ethyl adjacent to an activating group) is 1. The average Bonchev–Trinajstić information content (AvgIpc) is 2.34. The van der Waals surface area contributed by atoms with Crippen LogP contribution in [-0.4, -0.2) is 49.3 Å². The second-order valence-electron chi connectivity index (χ2n) is 3.14. The molecule has 1 heterocycles. The fourth-order valence-electron chi connectivity index (χ4n) is 1.33. The van der Waals surface area contributed by atoms with Crippen molar-refractivity contribution in [2.45, 2.75) is 18.5 Å². The Balaban J connectivity index is 2.28. The number of rotatable bonds is 2. The van der Waals surface area contributed by atoms with Crippen LogP contribution in [0.5, 0.6) is 0 Å². The molecule has 0 unspecified atom stereocenters. The van der Waals surface area contributed by atoms with Gasteiger partial charge in [0, 0.05) is 18.6 Å². The minimum atomic E-state index is 0.268. The molecule has 2 atom stereocenters. The number of hydrogen-bond donors (Lipinski definition) is 2. The molecule has 1 aliphatic rings. The van der Waals surface area contributed by atoms with Crippen LogP contribution in [0.3, 0.4) is 0 Å². The van der Waals surface area contributed by atoms with E-state index in [1.807, 2.05) is 0 Å². The van der Waals surface area contributed by atoms with Crippen LogP contribution in [0, 0.1) is 0 Å². The molecule has 0 aromatic rings. The lowest BCUT2D eigenvalue weighted by molar-refractivity contribution is 0.245. The fourth-order valence-corrected chi connectivity index (χ4v) is 1.33. The monoisotopic (exact) mass is 144 g/mol. The zero-order chi connectivity index (χ0) is 7.56. The SMILES string of the molecule is CN(C)[C@H]1CN[C@H](CO)C1. The summed E-state index contributed by atoms with van der Waals surface area (Å²) in [6.45, 7) is 1.28. The van der Waals surface area contributed by atoms with Crippen LogP contribution in [0.2, 0.25) is 0 Å². The number of hydrogen-bond acceptors (Lipinski definition) is 3. The molecule has 1 rings (SSSR count). The van der Waals surface area contributed by atoms with Crippen molar-refractivity contribution in [1.82, 2.24) is 10.2 Å². The van der Waals surface area contributed by atoms with Gasteiger partial charge in [-0.2, -0.15) is 0 Å². The van der Waals surface area contributed by atoms with Crippen LogP contribution < -0.4 is 5.32 Å². The van der Waals surface area contributed by atoms with Crippen LogP contribution in [0.25, 0.3) is 0 Å². The van der Waals surface area contributed by atoms with Gasteiger partial charge in [-0.05, 0) is 20.5 Å². The molecule has 0 amide bonds. The van der Waals surface area contributed by atoms with Gasteiger partial charge in [0.15, 0.2) is 0 Å². The molecule has 0 aromatic heterocycles. The molecule has 0 spiro atoms. The highest BCUT2D eigenvalue weighted by molar-refractivity contribution is 4.85. The summed E-state index contributed by atoms with van der Waals surface area (Å²) in [6.07, 6.45) is 1.07. The minimum Gasteiger partial charge on any atom is -0.395 e. The molecular weight excluding hydrogens is 128 g/mol. The van der Waals surface area contributed by atoms with E-state index >= 15 is 0 Å². The third-order valence-electron chi connectivity index (χ3n) is 2.15. The lowest BCUT2D eigenvalue weighted by Gasteiger charge is -2.17. The molecule has 60 valence electrons. The van der Waals surface area contributed by atoms with Crippen molar-refractivity contribution < 1.29 is 5.11 Å². The van der Waals surface area contributed by atoms with Crippen LogP contribution in [0.4, 0.5) is 0 Å². The number of aliphatic hydroxyl groups excluding tert-OH is 1. The summed E-state index contributed by atoms with van der Waals surface area (Å²) < 4.78 is 0. The molecule has 3 nitrogen and oxygen atoms in total. The summed E-state index contributed by atoms with van der Waals surface area (Å²) in [5.74, 6) is 0. The van der Waals surface area contributed by atoms with E-state index in [0.717, 1.165) is 13.0 Å². The third kappa shape index (κ3) is 1.68. The van der Waals surface area contributed by atoms with Gasteiger partial charge in [0.2, 0.25) is 0 Å². The lowest BCUT2D eigenvalue weighted by Crippen LogP contribution is -2.29. The Morgan fingerprint density at radius 2 is 2.30 bits per heavy atom. The predicted octanol–water partition coefficient (Wildman–Crippen LogP) is -0.729. The van der Waals surface area contributed by atoms with Gasteiger partial charge in [-0.1, -0.05) is 0 Å². The van der Waals surface area contributed by atoms with Crippen LogP contribution in [-0.2, 0) is 0 Å². The van der Waals surface area contributed by atoms with Gasteiger partial charge in [0.1, 0.15) is 0 Å². The summed E-state index contributed by atoms with van der Waals surface area (Å²) in [5.41, 5.74) is 0. The first-order chi connectivity index (χ1) is 4.74. The van der Waals surface area contributed by atoms with Crippen molar-refractivity contribution in [3.05, 3.63) is 0 Å². The number of aliphatic hydroxyl groups is 1. The van der Waals surface area contributed by atoms with Crippen LogP contribution in [0.15, 0.2) is 0 Å². The Hall–Kier alpha value is -0.120. The summed E-state index contributed by atoms with van der Waals surface area (Å²) in [7, 11) is 4.15. The number of nitrogens with one attached hydrogen (secondary N) is 1. The molecule has 3 heteroatoms. The molecule has 0 bridgehead atoms. The van der Waals surface area contributed by atoms with E-state index in [0.29, 0.717) is 12.1 Å². The van der Waals surface area contributed by atoms with E-state index in [1.54, 1.807) is 0 Å². The summed E-state index contributed by atoms with van der Waals surface area (Å²) in [5, 5.41) is 12.0. The Labute approximate surface area is 62.0 Å². The largest absolute Gasteiger partial charge is 0.395 e. The van der Waals surface area contributed by atoms with Crippen molar-refractivity contribution in [2.24, 2.45) is 0 Å². The van der Waals surface area contributed by atoms with Gasteiger partial charge < -0.3 is 15.3 Å². The second-order valence-corrected chi connectivity index (χ2v) is 3.14. The normalized spacial score (nSPS) is 33.6. The topological polar surface area (TPSA) is 35.5 Å². The van der Waals surface area contributed by atoms with E-state index in [-0.39, 0.29) is 6.61 Å². The molecule has 1 saturated heterocycles. The van der Waals surface area contributed by atoms with E-state index in [1.165, 1.54) is 0 Å². The highest BCUT2D eigenvalue weighted by atomic mass is 16.3. The Kier molecular flexibility index (Phi) is 2.65. The van der Waals surface area contributed by atoms with Gasteiger partial charge in [0.25, 0.3) is 0 Å². The third-order valence-corrected chi connectivity index (χ3v) is 2.15. The van der Waals surface area contributed by atoms with E-state index < -0.39 is 0 Å². The number of nitrogens with zero attached hydrogens (tertiary/aromatic N) is 1. The molecule has 1 aliphatic heterocycles. The molecule has 0 saturated carbocycles. The minimum absolute atomic E-state index is 0.268. The van der Waals surface area contributed by atoms with Crippen molar-refractivity contribution >= 4 is 0 Å². The molecular formula is C7H16N2O. The standard InChI is InChI=1S/C7H16N2O/c1-9(2)7-3-6(5-10)8-4-7/h6-8,10H,3-5H2,1-2H3/t6-,7+/m0/s1. The maximum Gasteiger partial charge on any atom is 0.0585 e. The van der Waals surface area contributed by atoms with Gasteiger partial charge in [-0.3, -0.25) is 0 Å². The first kappa shape index (κ1) is 7.98. The van der Waals surface area contributed by atoms with E-state index in [9.17, 15) is 0 Å². The van der Waals surface area contributed by atoms with Crippen molar-refractivity contribution in [3.8, 4) is 0 Å². The van der Waals surface area contributed by atoms with Crippen molar-refractivity contribution in [2.75, 3.05) is 27.2 Å². The highest BCUT2D eigenvalue weighted by Crippen LogP contribution is 2.09.